The molecule has 2 N–H and O–H groups in total. The van der Waals surface area contributed by atoms with E-state index < -0.39 is 0 Å². The Morgan fingerprint density at radius 3 is 2.79 bits per heavy atom. The number of anilines is 1. The first-order valence-corrected chi connectivity index (χ1v) is 6.18. The second-order valence-corrected chi connectivity index (χ2v) is 4.55. The Hall–Kier alpha value is -2.55. The number of carbonyl (C=O) groups excluding carboxylic acids is 1. The van der Waals surface area contributed by atoms with Crippen molar-refractivity contribution in [1.29, 1.82) is 0 Å². The van der Waals surface area contributed by atoms with E-state index in [1.54, 1.807) is 0 Å². The number of amides is 1. The van der Waals surface area contributed by atoms with Crippen molar-refractivity contribution in [2.75, 3.05) is 5.32 Å². The van der Waals surface area contributed by atoms with Crippen LogP contribution in [0.2, 0.25) is 0 Å². The van der Waals surface area contributed by atoms with Gasteiger partial charge in [0.05, 0.1) is 0 Å². The van der Waals surface area contributed by atoms with Crippen LogP contribution in [0.5, 0.6) is 0 Å². The van der Waals surface area contributed by atoms with Crippen LogP contribution in [0.1, 0.15) is 15.9 Å². The standard InChI is InChI=1S/C16H14N2O/c1-11-4-2-3-5-14(11)18-16(19)13-6-7-15-12(10-13)8-9-17-15/h2-10,17H,1H3,(H,18,19). The number of H-pyrrole nitrogens is 1. The molecule has 0 atom stereocenters. The molecule has 3 aromatic rings. The quantitative estimate of drug-likeness (QED) is 0.715. The molecule has 1 heterocycles. The SMILES string of the molecule is Cc1ccccc1NC(=O)c1ccc2[nH]ccc2c1. The van der Waals surface area contributed by atoms with E-state index in [4.69, 9.17) is 0 Å². The van der Waals surface area contributed by atoms with Gasteiger partial charge in [-0.15, -0.1) is 0 Å². The van der Waals surface area contributed by atoms with E-state index in [0.29, 0.717) is 5.56 Å². The maximum atomic E-state index is 12.2. The van der Waals surface area contributed by atoms with Gasteiger partial charge in [0.15, 0.2) is 0 Å². The molecule has 2 aromatic carbocycles. The molecule has 0 aliphatic carbocycles. The van der Waals surface area contributed by atoms with Gasteiger partial charge in [-0.3, -0.25) is 4.79 Å². The zero-order valence-electron chi connectivity index (χ0n) is 10.6. The molecule has 0 saturated carbocycles. The second kappa shape index (κ2) is 4.61. The van der Waals surface area contributed by atoms with E-state index >= 15 is 0 Å². The molecular weight excluding hydrogens is 236 g/mol. The maximum absolute atomic E-state index is 12.2. The van der Waals surface area contributed by atoms with Gasteiger partial charge in [-0.25, -0.2) is 0 Å². The Bertz CT molecular complexity index is 743. The Morgan fingerprint density at radius 2 is 1.95 bits per heavy atom. The number of aromatic nitrogens is 1. The van der Waals surface area contributed by atoms with Crippen LogP contribution in [-0.4, -0.2) is 10.9 Å². The third-order valence-electron chi connectivity index (χ3n) is 3.21. The van der Waals surface area contributed by atoms with E-state index in [2.05, 4.69) is 10.3 Å². The lowest BCUT2D eigenvalue weighted by Gasteiger charge is -2.08. The van der Waals surface area contributed by atoms with Crippen molar-refractivity contribution in [2.24, 2.45) is 0 Å². The molecule has 19 heavy (non-hydrogen) atoms. The molecule has 94 valence electrons. The summed E-state index contributed by atoms with van der Waals surface area (Å²) in [6.07, 6.45) is 1.87. The summed E-state index contributed by atoms with van der Waals surface area (Å²) in [4.78, 5) is 15.3. The van der Waals surface area contributed by atoms with Crippen molar-refractivity contribution in [3.05, 3.63) is 65.9 Å². The van der Waals surface area contributed by atoms with Gasteiger partial charge in [0, 0.05) is 28.4 Å². The molecule has 0 bridgehead atoms. The molecule has 0 aliphatic rings. The van der Waals surface area contributed by atoms with Crippen LogP contribution in [0.3, 0.4) is 0 Å². The summed E-state index contributed by atoms with van der Waals surface area (Å²) in [7, 11) is 0. The molecule has 3 rings (SSSR count). The largest absolute Gasteiger partial charge is 0.361 e. The molecule has 0 radical (unpaired) electrons. The normalized spacial score (nSPS) is 10.6. The third kappa shape index (κ3) is 2.22. The van der Waals surface area contributed by atoms with Gasteiger partial charge in [0.25, 0.3) is 5.91 Å². The van der Waals surface area contributed by atoms with Crippen molar-refractivity contribution < 1.29 is 4.79 Å². The van der Waals surface area contributed by atoms with E-state index in [0.717, 1.165) is 22.2 Å². The highest BCUT2D eigenvalue weighted by Crippen LogP contribution is 2.17. The molecule has 0 fully saturated rings. The Labute approximate surface area is 111 Å². The molecule has 0 saturated heterocycles. The Balaban J connectivity index is 1.89. The lowest BCUT2D eigenvalue weighted by Crippen LogP contribution is -2.12. The first-order chi connectivity index (χ1) is 9.24. The van der Waals surface area contributed by atoms with E-state index in [9.17, 15) is 4.79 Å². The van der Waals surface area contributed by atoms with E-state index in [-0.39, 0.29) is 5.91 Å². The number of nitrogens with one attached hydrogen (secondary N) is 2. The van der Waals surface area contributed by atoms with Crippen LogP contribution in [0.4, 0.5) is 5.69 Å². The number of rotatable bonds is 2. The number of hydrogen-bond donors (Lipinski definition) is 2. The van der Waals surface area contributed by atoms with Gasteiger partial charge < -0.3 is 10.3 Å². The zero-order valence-corrected chi connectivity index (χ0v) is 10.6. The first kappa shape index (κ1) is 11.5. The van der Waals surface area contributed by atoms with Crippen LogP contribution in [0, 0.1) is 6.92 Å². The lowest BCUT2D eigenvalue weighted by molar-refractivity contribution is 0.102. The Morgan fingerprint density at radius 1 is 1.11 bits per heavy atom. The predicted octanol–water partition coefficient (Wildman–Crippen LogP) is 3.73. The first-order valence-electron chi connectivity index (χ1n) is 6.18. The number of benzene rings is 2. The molecule has 3 heteroatoms. The van der Waals surface area contributed by atoms with Gasteiger partial charge in [0.2, 0.25) is 0 Å². The summed E-state index contributed by atoms with van der Waals surface area (Å²) < 4.78 is 0. The van der Waals surface area contributed by atoms with Crippen LogP contribution >= 0.6 is 0 Å². The molecule has 0 spiro atoms. The van der Waals surface area contributed by atoms with Gasteiger partial charge in [-0.2, -0.15) is 0 Å². The minimum Gasteiger partial charge on any atom is -0.361 e. The van der Waals surface area contributed by atoms with Gasteiger partial charge >= 0.3 is 0 Å². The van der Waals surface area contributed by atoms with Crippen LogP contribution in [0.25, 0.3) is 10.9 Å². The lowest BCUT2D eigenvalue weighted by atomic mass is 10.1. The fourth-order valence-corrected chi connectivity index (χ4v) is 2.10. The molecule has 0 aliphatic heterocycles. The fourth-order valence-electron chi connectivity index (χ4n) is 2.10. The zero-order chi connectivity index (χ0) is 13.2. The second-order valence-electron chi connectivity index (χ2n) is 4.55. The summed E-state index contributed by atoms with van der Waals surface area (Å²) in [5.74, 6) is -0.0857. The number of aryl methyl sites for hydroxylation is 1. The van der Waals surface area contributed by atoms with Gasteiger partial charge in [-0.05, 0) is 42.8 Å². The van der Waals surface area contributed by atoms with Crippen LogP contribution in [-0.2, 0) is 0 Å². The van der Waals surface area contributed by atoms with Crippen molar-refractivity contribution in [3.63, 3.8) is 0 Å². The third-order valence-corrected chi connectivity index (χ3v) is 3.21. The minimum absolute atomic E-state index is 0.0857. The summed E-state index contributed by atoms with van der Waals surface area (Å²) in [6.45, 7) is 1.98. The average Bonchev–Trinajstić information content (AvgIpc) is 2.88. The molecule has 1 aromatic heterocycles. The number of hydrogen-bond acceptors (Lipinski definition) is 1. The van der Waals surface area contributed by atoms with E-state index in [1.807, 2.05) is 61.7 Å². The van der Waals surface area contributed by atoms with Gasteiger partial charge in [-0.1, -0.05) is 18.2 Å². The molecule has 1 amide bonds. The molecule has 3 nitrogen and oxygen atoms in total. The predicted molar refractivity (Wildman–Crippen MR) is 77.4 cm³/mol. The number of fused-ring (bicyclic) bond motifs is 1. The topological polar surface area (TPSA) is 44.9 Å². The number of aromatic amines is 1. The summed E-state index contributed by atoms with van der Waals surface area (Å²) in [6, 6.07) is 15.3. The minimum atomic E-state index is -0.0857. The highest BCUT2D eigenvalue weighted by Gasteiger charge is 2.08. The highest BCUT2D eigenvalue weighted by atomic mass is 16.1. The molecular formula is C16H14N2O. The maximum Gasteiger partial charge on any atom is 0.255 e. The summed E-state index contributed by atoms with van der Waals surface area (Å²) in [5, 5.41) is 3.97. The fraction of sp³-hybridized carbons (Fsp3) is 0.0625. The van der Waals surface area contributed by atoms with Gasteiger partial charge in [0.1, 0.15) is 0 Å². The smallest absolute Gasteiger partial charge is 0.255 e. The molecule has 0 unspecified atom stereocenters. The number of para-hydroxylation sites is 1. The monoisotopic (exact) mass is 250 g/mol. The van der Waals surface area contributed by atoms with Crippen molar-refractivity contribution in [3.8, 4) is 0 Å². The van der Waals surface area contributed by atoms with Crippen molar-refractivity contribution >= 4 is 22.5 Å². The average molecular weight is 250 g/mol. The van der Waals surface area contributed by atoms with Crippen LogP contribution < -0.4 is 5.32 Å². The summed E-state index contributed by atoms with van der Waals surface area (Å²) >= 11 is 0. The van der Waals surface area contributed by atoms with Crippen molar-refractivity contribution in [1.82, 2.24) is 4.98 Å². The van der Waals surface area contributed by atoms with E-state index in [1.165, 1.54) is 0 Å². The summed E-state index contributed by atoms with van der Waals surface area (Å²) in [5.41, 5.74) is 3.60. The van der Waals surface area contributed by atoms with Crippen molar-refractivity contribution in [2.45, 2.75) is 6.92 Å². The highest BCUT2D eigenvalue weighted by molar-refractivity contribution is 6.06. The van der Waals surface area contributed by atoms with Crippen LogP contribution in [0.15, 0.2) is 54.7 Å². The number of carbonyl (C=O) groups is 1. The Kier molecular flexibility index (Phi) is 2.80.